The first-order chi connectivity index (χ1) is 8.74. The molecule has 1 aliphatic heterocycles. The van der Waals surface area contributed by atoms with Crippen molar-refractivity contribution in [3.8, 4) is 0 Å². The summed E-state index contributed by atoms with van der Waals surface area (Å²) in [5.74, 6) is 0.667. The van der Waals surface area contributed by atoms with Crippen LogP contribution in [-0.2, 0) is 4.79 Å². The SMILES string of the molecule is O=C1CC(c2ccccc2)NC2CCC(Br)CC12. The highest BCUT2D eigenvalue weighted by molar-refractivity contribution is 9.09. The van der Waals surface area contributed by atoms with Gasteiger partial charge in [0.05, 0.1) is 0 Å². The van der Waals surface area contributed by atoms with Crippen molar-refractivity contribution < 1.29 is 4.79 Å². The van der Waals surface area contributed by atoms with E-state index in [1.54, 1.807) is 0 Å². The Morgan fingerprint density at radius 2 is 1.94 bits per heavy atom. The molecule has 3 rings (SSSR count). The Morgan fingerprint density at radius 3 is 2.72 bits per heavy atom. The van der Waals surface area contributed by atoms with E-state index in [-0.39, 0.29) is 12.0 Å². The third-order valence-electron chi connectivity index (χ3n) is 4.22. The minimum Gasteiger partial charge on any atom is -0.306 e. The predicted molar refractivity (Wildman–Crippen MR) is 75.8 cm³/mol. The highest BCUT2D eigenvalue weighted by Gasteiger charge is 2.39. The lowest BCUT2D eigenvalue weighted by atomic mass is 9.76. The number of piperidine rings is 1. The van der Waals surface area contributed by atoms with E-state index >= 15 is 0 Å². The highest BCUT2D eigenvalue weighted by Crippen LogP contribution is 2.36. The molecule has 0 amide bonds. The Labute approximate surface area is 116 Å². The summed E-state index contributed by atoms with van der Waals surface area (Å²) in [6, 6.07) is 10.9. The highest BCUT2D eigenvalue weighted by atomic mass is 79.9. The number of rotatable bonds is 1. The van der Waals surface area contributed by atoms with Crippen molar-refractivity contribution in [1.29, 1.82) is 0 Å². The number of benzene rings is 1. The van der Waals surface area contributed by atoms with E-state index in [4.69, 9.17) is 0 Å². The molecular formula is C15H18BrNO. The lowest BCUT2D eigenvalue weighted by molar-refractivity contribution is -0.127. The third-order valence-corrected chi connectivity index (χ3v) is 5.05. The summed E-state index contributed by atoms with van der Waals surface area (Å²) in [5, 5.41) is 3.68. The number of halogens is 1. The molecule has 1 aromatic rings. The minimum absolute atomic E-state index is 0.215. The van der Waals surface area contributed by atoms with Crippen LogP contribution in [0.5, 0.6) is 0 Å². The van der Waals surface area contributed by atoms with Crippen LogP contribution in [0.2, 0.25) is 0 Å². The van der Waals surface area contributed by atoms with Crippen LogP contribution >= 0.6 is 15.9 Å². The van der Waals surface area contributed by atoms with E-state index < -0.39 is 0 Å². The largest absolute Gasteiger partial charge is 0.306 e. The molecule has 3 heteroatoms. The summed E-state index contributed by atoms with van der Waals surface area (Å²) in [6.07, 6.45) is 3.92. The maximum Gasteiger partial charge on any atom is 0.139 e. The van der Waals surface area contributed by atoms with E-state index in [0.29, 0.717) is 23.1 Å². The van der Waals surface area contributed by atoms with Gasteiger partial charge in [-0.15, -0.1) is 0 Å². The van der Waals surface area contributed by atoms with Crippen molar-refractivity contribution in [2.75, 3.05) is 0 Å². The third kappa shape index (κ3) is 2.39. The second-order valence-corrected chi connectivity index (χ2v) is 6.72. The summed E-state index contributed by atoms with van der Waals surface area (Å²) in [5.41, 5.74) is 1.24. The van der Waals surface area contributed by atoms with Gasteiger partial charge in [0, 0.05) is 29.2 Å². The maximum absolute atomic E-state index is 12.3. The van der Waals surface area contributed by atoms with Crippen LogP contribution in [0.25, 0.3) is 0 Å². The van der Waals surface area contributed by atoms with Gasteiger partial charge in [-0.3, -0.25) is 4.79 Å². The van der Waals surface area contributed by atoms with E-state index in [2.05, 4.69) is 33.4 Å². The molecule has 0 radical (unpaired) electrons. The molecule has 96 valence electrons. The first kappa shape index (κ1) is 12.4. The van der Waals surface area contributed by atoms with Crippen molar-refractivity contribution in [1.82, 2.24) is 5.32 Å². The Kier molecular flexibility index (Phi) is 3.53. The molecule has 18 heavy (non-hydrogen) atoms. The predicted octanol–water partition coefficient (Wildman–Crippen LogP) is 3.22. The number of ketones is 1. The average molecular weight is 308 g/mol. The molecule has 1 N–H and O–H groups in total. The fourth-order valence-corrected chi connectivity index (χ4v) is 3.91. The number of alkyl halides is 1. The fourth-order valence-electron chi connectivity index (χ4n) is 3.24. The molecule has 1 saturated heterocycles. The molecule has 1 aliphatic carbocycles. The van der Waals surface area contributed by atoms with Crippen molar-refractivity contribution in [3.05, 3.63) is 35.9 Å². The Bertz CT molecular complexity index is 433. The maximum atomic E-state index is 12.3. The van der Waals surface area contributed by atoms with Gasteiger partial charge in [-0.2, -0.15) is 0 Å². The van der Waals surface area contributed by atoms with Crippen molar-refractivity contribution >= 4 is 21.7 Å². The molecule has 1 heterocycles. The van der Waals surface area contributed by atoms with E-state index in [0.717, 1.165) is 12.8 Å². The van der Waals surface area contributed by atoms with E-state index in [1.807, 2.05) is 18.2 Å². The average Bonchev–Trinajstić information content (AvgIpc) is 2.40. The number of carbonyl (C=O) groups excluding carboxylic acids is 1. The zero-order valence-corrected chi connectivity index (χ0v) is 11.9. The van der Waals surface area contributed by atoms with Gasteiger partial charge in [-0.05, 0) is 24.8 Å². The van der Waals surface area contributed by atoms with Gasteiger partial charge in [0.2, 0.25) is 0 Å². The normalized spacial score (nSPS) is 36.2. The lowest BCUT2D eigenvalue weighted by Crippen LogP contribution is -2.51. The number of Topliss-reactive ketones (excluding diaryl/α,β-unsaturated/α-hetero) is 1. The van der Waals surface area contributed by atoms with Crippen LogP contribution in [-0.4, -0.2) is 16.7 Å². The van der Waals surface area contributed by atoms with E-state index in [9.17, 15) is 4.79 Å². The van der Waals surface area contributed by atoms with Crippen LogP contribution in [0.4, 0.5) is 0 Å². The zero-order valence-electron chi connectivity index (χ0n) is 10.3. The molecule has 0 bridgehead atoms. The Hall–Kier alpha value is -0.670. The Morgan fingerprint density at radius 1 is 1.17 bits per heavy atom. The standard InChI is InChI=1S/C15H18BrNO/c16-11-6-7-13-12(8-11)15(18)9-14(17-13)10-4-2-1-3-5-10/h1-5,11-14,17H,6-9H2. The van der Waals surface area contributed by atoms with E-state index in [1.165, 1.54) is 12.0 Å². The van der Waals surface area contributed by atoms with Crippen molar-refractivity contribution in [2.45, 2.75) is 42.6 Å². The molecule has 0 spiro atoms. The summed E-state index contributed by atoms with van der Waals surface area (Å²) in [4.78, 5) is 12.8. The zero-order chi connectivity index (χ0) is 12.5. The molecular weight excluding hydrogens is 290 g/mol. The summed E-state index contributed by atoms with van der Waals surface area (Å²) < 4.78 is 0. The number of nitrogens with one attached hydrogen (secondary N) is 1. The smallest absolute Gasteiger partial charge is 0.139 e. The van der Waals surface area contributed by atoms with Gasteiger partial charge in [-0.1, -0.05) is 46.3 Å². The first-order valence-electron chi connectivity index (χ1n) is 6.72. The molecule has 4 unspecified atom stereocenters. The second kappa shape index (κ2) is 5.14. The second-order valence-electron chi connectivity index (χ2n) is 5.42. The van der Waals surface area contributed by atoms with Crippen LogP contribution in [0.3, 0.4) is 0 Å². The van der Waals surface area contributed by atoms with Crippen LogP contribution in [0.1, 0.15) is 37.3 Å². The quantitative estimate of drug-likeness (QED) is 0.807. The monoisotopic (exact) mass is 307 g/mol. The summed E-state index contributed by atoms with van der Waals surface area (Å²) >= 11 is 3.66. The number of hydrogen-bond donors (Lipinski definition) is 1. The van der Waals surface area contributed by atoms with Gasteiger partial charge >= 0.3 is 0 Å². The fraction of sp³-hybridized carbons (Fsp3) is 0.533. The number of fused-ring (bicyclic) bond motifs is 1. The summed E-state index contributed by atoms with van der Waals surface area (Å²) in [6.45, 7) is 0. The lowest BCUT2D eigenvalue weighted by Gasteiger charge is -2.41. The number of hydrogen-bond acceptors (Lipinski definition) is 2. The van der Waals surface area contributed by atoms with Crippen LogP contribution < -0.4 is 5.32 Å². The van der Waals surface area contributed by atoms with Gasteiger partial charge in [0.1, 0.15) is 5.78 Å². The molecule has 2 fully saturated rings. The number of carbonyl (C=O) groups is 1. The molecule has 2 aliphatic rings. The van der Waals surface area contributed by atoms with Gasteiger partial charge in [0.25, 0.3) is 0 Å². The van der Waals surface area contributed by atoms with Crippen molar-refractivity contribution in [3.63, 3.8) is 0 Å². The van der Waals surface area contributed by atoms with Gasteiger partial charge < -0.3 is 5.32 Å². The van der Waals surface area contributed by atoms with Gasteiger partial charge in [0.15, 0.2) is 0 Å². The van der Waals surface area contributed by atoms with Crippen LogP contribution in [0.15, 0.2) is 30.3 Å². The molecule has 4 atom stereocenters. The molecule has 1 saturated carbocycles. The Balaban J connectivity index is 1.77. The first-order valence-corrected chi connectivity index (χ1v) is 7.63. The molecule has 1 aromatic carbocycles. The topological polar surface area (TPSA) is 29.1 Å². The van der Waals surface area contributed by atoms with Gasteiger partial charge in [-0.25, -0.2) is 0 Å². The van der Waals surface area contributed by atoms with Crippen LogP contribution in [0, 0.1) is 5.92 Å². The molecule has 0 aromatic heterocycles. The summed E-state index contributed by atoms with van der Waals surface area (Å²) in [7, 11) is 0. The van der Waals surface area contributed by atoms with Crippen molar-refractivity contribution in [2.24, 2.45) is 5.92 Å². The minimum atomic E-state index is 0.215. The molecule has 2 nitrogen and oxygen atoms in total.